The molecule has 5 heteroatoms. The zero-order valence-electron chi connectivity index (χ0n) is 9.21. The second kappa shape index (κ2) is 5.03. The number of thiophene rings is 1. The molecule has 16 heavy (non-hydrogen) atoms. The highest BCUT2D eigenvalue weighted by Crippen LogP contribution is 2.37. The fraction of sp³-hybridized carbons (Fsp3) is 0.364. The Morgan fingerprint density at radius 3 is 2.88 bits per heavy atom. The van der Waals surface area contributed by atoms with Gasteiger partial charge in [-0.2, -0.15) is 11.3 Å². The third kappa shape index (κ3) is 2.66. The molecular weight excluding hydrogens is 240 g/mol. The highest BCUT2D eigenvalue weighted by molar-refractivity contribution is 7.99. The van der Waals surface area contributed by atoms with Crippen LogP contribution in [0.2, 0.25) is 0 Å². The normalized spacial score (nSPS) is 14.9. The lowest BCUT2D eigenvalue weighted by Crippen LogP contribution is -2.22. The lowest BCUT2D eigenvalue weighted by Gasteiger charge is -2.17. The first-order chi connectivity index (χ1) is 7.66. The van der Waals surface area contributed by atoms with Crippen molar-refractivity contribution in [2.75, 3.05) is 0 Å². The van der Waals surface area contributed by atoms with Gasteiger partial charge in [-0.3, -0.25) is 0 Å². The van der Waals surface area contributed by atoms with Gasteiger partial charge in [-0.25, -0.2) is 4.98 Å². The van der Waals surface area contributed by atoms with E-state index >= 15 is 0 Å². The zero-order chi connectivity index (χ0) is 11.5. The lowest BCUT2D eigenvalue weighted by atomic mass is 10.1. The first-order valence-corrected chi connectivity index (χ1v) is 6.85. The molecule has 0 radical (unpaired) electrons. The standard InChI is InChI=1S/C11H14N2OS2/c1-7-5-14-11(13-7)16-10(8(2)12)9-3-4-15-6-9/h3-6,8,10H,12H2,1-2H3. The van der Waals surface area contributed by atoms with Crippen molar-refractivity contribution < 1.29 is 4.42 Å². The smallest absolute Gasteiger partial charge is 0.256 e. The van der Waals surface area contributed by atoms with Crippen LogP contribution in [0.25, 0.3) is 0 Å². The van der Waals surface area contributed by atoms with E-state index in [1.165, 1.54) is 5.56 Å². The van der Waals surface area contributed by atoms with Crippen LogP contribution in [0, 0.1) is 6.92 Å². The lowest BCUT2D eigenvalue weighted by molar-refractivity contribution is 0.452. The average Bonchev–Trinajstić information content (AvgIpc) is 2.84. The molecule has 2 N–H and O–H groups in total. The van der Waals surface area contributed by atoms with E-state index in [4.69, 9.17) is 10.2 Å². The Labute approximate surface area is 103 Å². The summed E-state index contributed by atoms with van der Waals surface area (Å²) in [5, 5.41) is 5.07. The zero-order valence-corrected chi connectivity index (χ0v) is 10.8. The van der Waals surface area contributed by atoms with Gasteiger partial charge in [0.05, 0.1) is 10.9 Å². The summed E-state index contributed by atoms with van der Waals surface area (Å²) in [5.41, 5.74) is 8.13. The molecule has 2 atom stereocenters. The van der Waals surface area contributed by atoms with E-state index in [-0.39, 0.29) is 11.3 Å². The molecular formula is C11H14N2OS2. The summed E-state index contributed by atoms with van der Waals surface area (Å²) in [6.07, 6.45) is 1.66. The molecule has 0 saturated heterocycles. The number of thioether (sulfide) groups is 1. The van der Waals surface area contributed by atoms with Gasteiger partial charge in [0.2, 0.25) is 0 Å². The van der Waals surface area contributed by atoms with Crippen LogP contribution in [0.3, 0.4) is 0 Å². The van der Waals surface area contributed by atoms with Gasteiger partial charge >= 0.3 is 0 Å². The second-order valence-electron chi connectivity index (χ2n) is 3.71. The fourth-order valence-corrected chi connectivity index (χ4v) is 3.21. The summed E-state index contributed by atoms with van der Waals surface area (Å²) >= 11 is 3.26. The maximum atomic E-state index is 6.00. The van der Waals surface area contributed by atoms with E-state index in [0.717, 1.165) is 5.69 Å². The summed E-state index contributed by atoms with van der Waals surface area (Å²) in [6, 6.07) is 2.16. The first kappa shape index (κ1) is 11.7. The van der Waals surface area contributed by atoms with E-state index in [1.807, 2.05) is 13.8 Å². The van der Waals surface area contributed by atoms with Crippen molar-refractivity contribution in [2.45, 2.75) is 30.4 Å². The predicted molar refractivity (Wildman–Crippen MR) is 67.8 cm³/mol. The number of aromatic nitrogens is 1. The van der Waals surface area contributed by atoms with Gasteiger partial charge in [0.15, 0.2) is 0 Å². The van der Waals surface area contributed by atoms with Crippen LogP contribution in [-0.2, 0) is 0 Å². The Morgan fingerprint density at radius 1 is 1.56 bits per heavy atom. The van der Waals surface area contributed by atoms with Gasteiger partial charge in [-0.05, 0) is 36.2 Å². The number of nitrogens with zero attached hydrogens (tertiary/aromatic N) is 1. The number of aryl methyl sites for hydroxylation is 1. The Morgan fingerprint density at radius 2 is 2.38 bits per heavy atom. The minimum Gasteiger partial charge on any atom is -0.440 e. The quantitative estimate of drug-likeness (QED) is 0.851. The molecule has 2 heterocycles. The van der Waals surface area contributed by atoms with E-state index in [0.29, 0.717) is 5.22 Å². The summed E-state index contributed by atoms with van der Waals surface area (Å²) in [4.78, 5) is 4.29. The summed E-state index contributed by atoms with van der Waals surface area (Å²) in [7, 11) is 0. The Hall–Kier alpha value is -0.780. The Bertz CT molecular complexity index is 437. The Balaban J connectivity index is 2.15. The molecule has 0 bridgehead atoms. The molecule has 0 aliphatic heterocycles. The average molecular weight is 254 g/mol. The molecule has 86 valence electrons. The van der Waals surface area contributed by atoms with Crippen LogP contribution in [0.1, 0.15) is 23.4 Å². The Kier molecular flexibility index (Phi) is 3.68. The van der Waals surface area contributed by atoms with Crippen LogP contribution in [0.15, 0.2) is 32.7 Å². The van der Waals surface area contributed by atoms with Gasteiger partial charge in [0.1, 0.15) is 6.26 Å². The monoisotopic (exact) mass is 254 g/mol. The maximum Gasteiger partial charge on any atom is 0.256 e. The molecule has 2 unspecified atom stereocenters. The number of hydrogen-bond acceptors (Lipinski definition) is 5. The molecule has 3 nitrogen and oxygen atoms in total. The van der Waals surface area contributed by atoms with Crippen LogP contribution in [-0.4, -0.2) is 11.0 Å². The van der Waals surface area contributed by atoms with Crippen LogP contribution in [0.5, 0.6) is 0 Å². The van der Waals surface area contributed by atoms with Crippen molar-refractivity contribution in [3.8, 4) is 0 Å². The largest absolute Gasteiger partial charge is 0.440 e. The molecule has 0 aliphatic carbocycles. The summed E-state index contributed by atoms with van der Waals surface area (Å²) in [5.74, 6) is 0. The molecule has 0 amide bonds. The van der Waals surface area contributed by atoms with Crippen LogP contribution >= 0.6 is 23.1 Å². The maximum absolute atomic E-state index is 6.00. The van der Waals surface area contributed by atoms with Crippen LogP contribution < -0.4 is 5.73 Å². The van der Waals surface area contributed by atoms with E-state index in [9.17, 15) is 0 Å². The minimum absolute atomic E-state index is 0.0619. The van der Waals surface area contributed by atoms with Gasteiger partial charge in [0.25, 0.3) is 5.22 Å². The molecule has 2 aromatic rings. The second-order valence-corrected chi connectivity index (χ2v) is 5.58. The molecule has 2 aromatic heterocycles. The van der Waals surface area contributed by atoms with Gasteiger partial charge in [0, 0.05) is 6.04 Å². The van der Waals surface area contributed by atoms with Crippen molar-refractivity contribution in [1.82, 2.24) is 4.98 Å². The summed E-state index contributed by atoms with van der Waals surface area (Å²) in [6.45, 7) is 3.92. The van der Waals surface area contributed by atoms with E-state index < -0.39 is 0 Å². The number of oxazole rings is 1. The van der Waals surface area contributed by atoms with Crippen molar-refractivity contribution in [1.29, 1.82) is 0 Å². The number of rotatable bonds is 4. The van der Waals surface area contributed by atoms with Gasteiger partial charge in [-0.1, -0.05) is 11.8 Å². The third-order valence-corrected chi connectivity index (χ3v) is 4.22. The topological polar surface area (TPSA) is 52.0 Å². The number of nitrogens with two attached hydrogens (primary N) is 1. The molecule has 0 saturated carbocycles. The van der Waals surface area contributed by atoms with Crippen molar-refractivity contribution in [3.63, 3.8) is 0 Å². The molecule has 2 rings (SSSR count). The molecule has 0 spiro atoms. The highest BCUT2D eigenvalue weighted by atomic mass is 32.2. The fourth-order valence-electron chi connectivity index (χ4n) is 1.41. The van der Waals surface area contributed by atoms with Gasteiger partial charge in [-0.15, -0.1) is 0 Å². The van der Waals surface area contributed by atoms with Crippen molar-refractivity contribution in [3.05, 3.63) is 34.3 Å². The van der Waals surface area contributed by atoms with Crippen molar-refractivity contribution >= 4 is 23.1 Å². The summed E-state index contributed by atoms with van der Waals surface area (Å²) < 4.78 is 5.34. The molecule has 0 aliphatic rings. The third-order valence-electron chi connectivity index (χ3n) is 2.17. The first-order valence-electron chi connectivity index (χ1n) is 5.03. The van der Waals surface area contributed by atoms with Gasteiger partial charge < -0.3 is 10.2 Å². The molecule has 0 aromatic carbocycles. The molecule has 0 fully saturated rings. The van der Waals surface area contributed by atoms with Crippen molar-refractivity contribution in [2.24, 2.45) is 5.73 Å². The van der Waals surface area contributed by atoms with E-state index in [2.05, 4.69) is 21.8 Å². The van der Waals surface area contributed by atoms with E-state index in [1.54, 1.807) is 29.4 Å². The SMILES string of the molecule is Cc1coc(SC(c2ccsc2)C(C)N)n1. The number of hydrogen-bond donors (Lipinski definition) is 1. The highest BCUT2D eigenvalue weighted by Gasteiger charge is 2.20. The minimum atomic E-state index is 0.0619. The van der Waals surface area contributed by atoms with Crippen LogP contribution in [0.4, 0.5) is 0 Å². The predicted octanol–water partition coefficient (Wildman–Crippen LogP) is 3.23.